The lowest BCUT2D eigenvalue weighted by molar-refractivity contribution is 0.893. The van der Waals surface area contributed by atoms with E-state index < -0.39 is 9.16 Å². The quantitative estimate of drug-likeness (QED) is 0.313. The number of hydrogen-bond acceptors (Lipinski definition) is 0. The van der Waals surface area contributed by atoms with Gasteiger partial charge in [-0.05, 0) is 0 Å². The van der Waals surface area contributed by atoms with Crippen molar-refractivity contribution < 1.29 is 4.11 Å². The number of halogens is 2. The standard InChI is InChI=1S/CH4.ClFH2Si/c;1-3-2/h1H4;3H2. The molecule has 0 aliphatic carbocycles. The van der Waals surface area contributed by atoms with Crippen molar-refractivity contribution in [3.8, 4) is 0 Å². The zero-order chi connectivity index (χ0) is 2.71. The summed E-state index contributed by atoms with van der Waals surface area (Å²) in [7, 11) is -1.61. The fourth-order valence-corrected chi connectivity index (χ4v) is 0. The summed E-state index contributed by atoms with van der Waals surface area (Å²) in [4.78, 5) is 0. The van der Waals surface area contributed by atoms with Crippen LogP contribution in [0.25, 0.3) is 0 Å². The summed E-state index contributed by atoms with van der Waals surface area (Å²) in [6.07, 6.45) is 0. The first-order chi connectivity index (χ1) is 1.41. The van der Waals surface area contributed by atoms with Crippen LogP contribution in [0.1, 0.15) is 7.43 Å². The molecule has 0 radical (unpaired) electrons. The maximum atomic E-state index is 10.2. The lowest BCUT2D eigenvalue weighted by Crippen LogP contribution is -1.41. The smallest absolute Gasteiger partial charge is 0.302 e. The van der Waals surface area contributed by atoms with E-state index in [1.807, 2.05) is 0 Å². The zero-order valence-electron chi connectivity index (χ0n) is 1.46. The van der Waals surface area contributed by atoms with Crippen molar-refractivity contribution in [2.75, 3.05) is 0 Å². The molecule has 0 saturated carbocycles. The van der Waals surface area contributed by atoms with E-state index in [0.717, 1.165) is 0 Å². The maximum Gasteiger partial charge on any atom is 0.310 e. The Balaban J connectivity index is 0. The summed E-state index contributed by atoms with van der Waals surface area (Å²) >= 11 is 4.47. The minimum atomic E-state index is -1.61. The highest BCUT2D eigenvalue weighted by Crippen LogP contribution is 1.59. The molecule has 0 spiro atoms. The molecule has 0 nitrogen and oxygen atoms in total. The van der Waals surface area contributed by atoms with Crippen LogP contribution in [-0.2, 0) is 0 Å². The van der Waals surface area contributed by atoms with E-state index in [0.29, 0.717) is 0 Å². The van der Waals surface area contributed by atoms with Crippen LogP contribution < -0.4 is 0 Å². The Labute approximate surface area is 32.7 Å². The average molecular weight is 101 g/mol. The van der Waals surface area contributed by atoms with Crippen molar-refractivity contribution in [1.82, 2.24) is 0 Å². The van der Waals surface area contributed by atoms with Crippen LogP contribution in [0.5, 0.6) is 0 Å². The molecule has 0 aliphatic heterocycles. The van der Waals surface area contributed by atoms with Crippen molar-refractivity contribution in [3.63, 3.8) is 0 Å². The second-order valence-corrected chi connectivity index (χ2v) is 0.909. The largest absolute Gasteiger partial charge is 0.310 e. The third-order valence-corrected chi connectivity index (χ3v) is 0. The Hall–Kier alpha value is 0.437. The van der Waals surface area contributed by atoms with Crippen LogP contribution in [0.3, 0.4) is 0 Å². The van der Waals surface area contributed by atoms with Crippen LogP contribution in [0.2, 0.25) is 0 Å². The van der Waals surface area contributed by atoms with Crippen molar-refractivity contribution >= 4 is 20.2 Å². The van der Waals surface area contributed by atoms with Crippen LogP contribution in [0, 0.1) is 0 Å². The summed E-state index contributed by atoms with van der Waals surface area (Å²) in [6, 6.07) is 0. The third kappa shape index (κ3) is 26.4. The predicted octanol–water partition coefficient (Wildman–Crippen LogP) is 0.830. The Bertz CT molecular complexity index is 8.00. The van der Waals surface area contributed by atoms with Gasteiger partial charge >= 0.3 is 9.16 Å². The van der Waals surface area contributed by atoms with Gasteiger partial charge in [0.25, 0.3) is 0 Å². The number of rotatable bonds is 0. The molecule has 0 N–H and O–H groups in total. The summed E-state index contributed by atoms with van der Waals surface area (Å²) in [5, 5.41) is 0. The first kappa shape index (κ1) is 8.83. The molecule has 4 heavy (non-hydrogen) atoms. The lowest BCUT2D eigenvalue weighted by atomic mass is 12.0. The molecule has 0 atom stereocenters. The molecule has 0 fully saturated rings. The van der Waals surface area contributed by atoms with Crippen molar-refractivity contribution in [1.29, 1.82) is 0 Å². The minimum absolute atomic E-state index is 0. The Morgan fingerprint density at radius 2 is 1.75 bits per heavy atom. The van der Waals surface area contributed by atoms with E-state index in [-0.39, 0.29) is 7.43 Å². The lowest BCUT2D eigenvalue weighted by Gasteiger charge is -1.40. The van der Waals surface area contributed by atoms with Gasteiger partial charge in [-0.15, -0.1) is 11.1 Å². The molecule has 0 bridgehead atoms. The minimum Gasteiger partial charge on any atom is -0.302 e. The second kappa shape index (κ2) is 9.89. The normalized spacial score (nSPS) is 7.50. The van der Waals surface area contributed by atoms with E-state index in [4.69, 9.17) is 0 Å². The molecule has 0 amide bonds. The molecule has 0 unspecified atom stereocenters. The molecular formula is CH6ClFSi. The van der Waals surface area contributed by atoms with Gasteiger partial charge in [-0.1, -0.05) is 7.43 Å². The first-order valence-corrected chi connectivity index (χ1v) is 3.21. The zero-order valence-corrected chi connectivity index (χ0v) is 3.63. The Morgan fingerprint density at radius 3 is 1.75 bits per heavy atom. The highest BCUT2D eigenvalue weighted by Gasteiger charge is 1.49. The van der Waals surface area contributed by atoms with Gasteiger partial charge in [0.2, 0.25) is 0 Å². The first-order valence-electron chi connectivity index (χ1n) is 0.535. The van der Waals surface area contributed by atoms with E-state index in [1.165, 1.54) is 0 Å². The van der Waals surface area contributed by atoms with Gasteiger partial charge < -0.3 is 4.11 Å². The molecule has 3 heteroatoms. The van der Waals surface area contributed by atoms with Crippen LogP contribution in [0.4, 0.5) is 4.11 Å². The molecule has 0 aliphatic rings. The van der Waals surface area contributed by atoms with Gasteiger partial charge in [-0.25, -0.2) is 0 Å². The molecule has 28 valence electrons. The monoisotopic (exact) mass is 100.0 g/mol. The van der Waals surface area contributed by atoms with E-state index >= 15 is 0 Å². The average Bonchev–Trinajstić information content (AvgIpc) is 0.918. The van der Waals surface area contributed by atoms with Crippen LogP contribution in [-0.4, -0.2) is 9.16 Å². The van der Waals surface area contributed by atoms with Crippen molar-refractivity contribution in [2.45, 2.75) is 7.43 Å². The summed E-state index contributed by atoms with van der Waals surface area (Å²) < 4.78 is 10.2. The summed E-state index contributed by atoms with van der Waals surface area (Å²) in [6.45, 7) is 0. The summed E-state index contributed by atoms with van der Waals surface area (Å²) in [5.41, 5.74) is 0. The second-order valence-electron chi connectivity index (χ2n) is 0.101. The molecule has 0 rings (SSSR count). The van der Waals surface area contributed by atoms with E-state index in [1.54, 1.807) is 0 Å². The molecule has 0 aromatic heterocycles. The van der Waals surface area contributed by atoms with Gasteiger partial charge in [0.05, 0.1) is 0 Å². The van der Waals surface area contributed by atoms with Gasteiger partial charge in [-0.3, -0.25) is 0 Å². The molecular weight excluding hydrogens is 94.5 g/mol. The van der Waals surface area contributed by atoms with Crippen molar-refractivity contribution in [3.05, 3.63) is 0 Å². The highest BCUT2D eigenvalue weighted by atomic mass is 35.6. The molecule has 0 aromatic carbocycles. The topological polar surface area (TPSA) is 0 Å². The van der Waals surface area contributed by atoms with Crippen LogP contribution in [0.15, 0.2) is 0 Å². The Morgan fingerprint density at radius 1 is 1.75 bits per heavy atom. The fraction of sp³-hybridized carbons (Fsp3) is 1.00. The van der Waals surface area contributed by atoms with Gasteiger partial charge in [0.1, 0.15) is 0 Å². The molecule has 0 heterocycles. The molecule has 0 saturated heterocycles. The maximum absolute atomic E-state index is 10.2. The summed E-state index contributed by atoms with van der Waals surface area (Å²) in [5.74, 6) is 0. The SMILES string of the molecule is C.F[SiH2]Cl. The Kier molecular flexibility index (Phi) is 21.8. The molecule has 0 aromatic rings. The third-order valence-electron chi connectivity index (χ3n) is 0. The van der Waals surface area contributed by atoms with Gasteiger partial charge in [0.15, 0.2) is 0 Å². The van der Waals surface area contributed by atoms with Crippen molar-refractivity contribution in [2.24, 2.45) is 0 Å². The van der Waals surface area contributed by atoms with Gasteiger partial charge in [-0.2, -0.15) is 0 Å². The van der Waals surface area contributed by atoms with E-state index in [2.05, 4.69) is 11.1 Å². The highest BCUT2D eigenvalue weighted by molar-refractivity contribution is 6.89. The van der Waals surface area contributed by atoms with Crippen LogP contribution >= 0.6 is 11.1 Å². The number of hydrogen-bond donors (Lipinski definition) is 0. The van der Waals surface area contributed by atoms with E-state index in [9.17, 15) is 4.11 Å². The predicted molar refractivity (Wildman–Crippen MR) is 22.2 cm³/mol. The van der Waals surface area contributed by atoms with Gasteiger partial charge in [0, 0.05) is 0 Å². The fourth-order valence-electron chi connectivity index (χ4n) is 0.